The predicted molar refractivity (Wildman–Crippen MR) is 66.7 cm³/mol. The van der Waals surface area contributed by atoms with Crippen molar-refractivity contribution in [2.45, 2.75) is 45.3 Å². The number of nitrogens with zero attached hydrogens (tertiary/aromatic N) is 1. The van der Waals surface area contributed by atoms with Gasteiger partial charge < -0.3 is 15.4 Å². The molecular formula is C11H23ClN2O2. The van der Waals surface area contributed by atoms with Gasteiger partial charge in [0.05, 0.1) is 12.2 Å². The lowest BCUT2D eigenvalue weighted by atomic mass is 10.1. The number of nitrogens with two attached hydrogens (primary N) is 1. The van der Waals surface area contributed by atoms with Gasteiger partial charge in [0.2, 0.25) is 5.91 Å². The van der Waals surface area contributed by atoms with Gasteiger partial charge in [-0.25, -0.2) is 0 Å². The fourth-order valence-corrected chi connectivity index (χ4v) is 1.89. The van der Waals surface area contributed by atoms with Crippen molar-refractivity contribution in [3.8, 4) is 0 Å². The van der Waals surface area contributed by atoms with Crippen molar-refractivity contribution in [1.29, 1.82) is 0 Å². The Morgan fingerprint density at radius 2 is 2.19 bits per heavy atom. The molecule has 1 aliphatic heterocycles. The number of hydrogen-bond donors (Lipinski definition) is 1. The molecule has 0 aliphatic carbocycles. The van der Waals surface area contributed by atoms with Gasteiger partial charge in [-0.05, 0) is 26.3 Å². The second kappa shape index (κ2) is 7.87. The molecule has 2 unspecified atom stereocenters. The lowest BCUT2D eigenvalue weighted by molar-refractivity contribution is -0.144. The van der Waals surface area contributed by atoms with Crippen LogP contribution < -0.4 is 5.73 Å². The molecule has 1 rings (SSSR count). The minimum absolute atomic E-state index is 0. The summed E-state index contributed by atoms with van der Waals surface area (Å²) in [7, 11) is 0. The van der Waals surface area contributed by atoms with Crippen molar-refractivity contribution < 1.29 is 9.53 Å². The first-order valence-electron chi connectivity index (χ1n) is 5.80. The minimum Gasteiger partial charge on any atom is -0.372 e. The summed E-state index contributed by atoms with van der Waals surface area (Å²) in [6, 6.07) is 0. The number of ether oxygens (including phenoxy) is 1. The molecular weight excluding hydrogens is 228 g/mol. The zero-order valence-electron chi connectivity index (χ0n) is 10.1. The second-order valence-electron chi connectivity index (χ2n) is 4.17. The van der Waals surface area contributed by atoms with Crippen molar-refractivity contribution in [3.63, 3.8) is 0 Å². The summed E-state index contributed by atoms with van der Waals surface area (Å²) in [6.45, 7) is 6.16. The first kappa shape index (κ1) is 15.7. The zero-order chi connectivity index (χ0) is 11.3. The van der Waals surface area contributed by atoms with Gasteiger partial charge in [0.15, 0.2) is 0 Å². The molecule has 16 heavy (non-hydrogen) atoms. The van der Waals surface area contributed by atoms with E-state index in [2.05, 4.69) is 6.92 Å². The van der Waals surface area contributed by atoms with Gasteiger partial charge in [0, 0.05) is 19.5 Å². The highest BCUT2D eigenvalue weighted by Crippen LogP contribution is 2.14. The van der Waals surface area contributed by atoms with Crippen LogP contribution in [0.1, 0.15) is 33.1 Å². The van der Waals surface area contributed by atoms with Crippen LogP contribution in [0, 0.1) is 0 Å². The van der Waals surface area contributed by atoms with E-state index in [1.165, 1.54) is 0 Å². The molecule has 1 saturated heterocycles. The first-order chi connectivity index (χ1) is 7.17. The normalized spacial score (nSPS) is 25.1. The quantitative estimate of drug-likeness (QED) is 0.815. The Morgan fingerprint density at radius 3 is 2.75 bits per heavy atom. The SMILES string of the molecule is CCC1CN(C(=O)CCCN)CC(C)O1.Cl. The summed E-state index contributed by atoms with van der Waals surface area (Å²) >= 11 is 0. The maximum Gasteiger partial charge on any atom is 0.222 e. The van der Waals surface area contributed by atoms with Crippen molar-refractivity contribution in [2.24, 2.45) is 5.73 Å². The van der Waals surface area contributed by atoms with E-state index >= 15 is 0 Å². The molecule has 1 heterocycles. The summed E-state index contributed by atoms with van der Waals surface area (Å²) in [5, 5.41) is 0. The third kappa shape index (κ3) is 4.68. The largest absolute Gasteiger partial charge is 0.372 e. The molecule has 0 saturated carbocycles. The van der Waals surface area contributed by atoms with Gasteiger partial charge in [-0.2, -0.15) is 0 Å². The van der Waals surface area contributed by atoms with Crippen LogP contribution in [-0.4, -0.2) is 42.6 Å². The molecule has 0 aromatic rings. The average molecular weight is 251 g/mol. The highest BCUT2D eigenvalue weighted by molar-refractivity contribution is 5.85. The van der Waals surface area contributed by atoms with Gasteiger partial charge >= 0.3 is 0 Å². The van der Waals surface area contributed by atoms with Gasteiger partial charge in [0.25, 0.3) is 0 Å². The van der Waals surface area contributed by atoms with Crippen molar-refractivity contribution in [1.82, 2.24) is 4.90 Å². The van der Waals surface area contributed by atoms with Gasteiger partial charge in [-0.1, -0.05) is 6.92 Å². The maximum atomic E-state index is 11.8. The maximum absolute atomic E-state index is 11.8. The van der Waals surface area contributed by atoms with Gasteiger partial charge in [-0.3, -0.25) is 4.79 Å². The van der Waals surface area contributed by atoms with E-state index in [1.54, 1.807) is 0 Å². The predicted octanol–water partition coefficient (Wildman–Crippen LogP) is 1.17. The Morgan fingerprint density at radius 1 is 1.50 bits per heavy atom. The standard InChI is InChI=1S/C11H22N2O2.ClH/c1-3-10-8-13(7-9(2)15-10)11(14)5-4-6-12;/h9-10H,3-8,12H2,1-2H3;1H. The van der Waals surface area contributed by atoms with E-state index in [4.69, 9.17) is 10.5 Å². The van der Waals surface area contributed by atoms with Crippen LogP contribution in [0.2, 0.25) is 0 Å². The summed E-state index contributed by atoms with van der Waals surface area (Å²) in [5.74, 6) is 0.217. The molecule has 96 valence electrons. The number of carbonyl (C=O) groups is 1. The lowest BCUT2D eigenvalue weighted by Crippen LogP contribution is -2.49. The van der Waals surface area contributed by atoms with Crippen LogP contribution in [0.15, 0.2) is 0 Å². The van der Waals surface area contributed by atoms with Crippen molar-refractivity contribution in [3.05, 3.63) is 0 Å². The molecule has 1 aliphatic rings. The molecule has 1 amide bonds. The van der Waals surface area contributed by atoms with E-state index in [0.29, 0.717) is 13.0 Å². The van der Waals surface area contributed by atoms with Gasteiger partial charge in [0.1, 0.15) is 0 Å². The summed E-state index contributed by atoms with van der Waals surface area (Å²) < 4.78 is 5.70. The first-order valence-corrected chi connectivity index (χ1v) is 5.80. The molecule has 0 aromatic carbocycles. The number of carbonyl (C=O) groups excluding carboxylic acids is 1. The second-order valence-corrected chi connectivity index (χ2v) is 4.17. The topological polar surface area (TPSA) is 55.6 Å². The van der Waals surface area contributed by atoms with E-state index < -0.39 is 0 Å². The van der Waals surface area contributed by atoms with Crippen LogP contribution in [0.4, 0.5) is 0 Å². The Labute approximate surface area is 104 Å². The fraction of sp³-hybridized carbons (Fsp3) is 0.909. The number of amides is 1. The third-order valence-electron chi connectivity index (χ3n) is 2.73. The van der Waals surface area contributed by atoms with Crippen LogP contribution >= 0.6 is 12.4 Å². The lowest BCUT2D eigenvalue weighted by Gasteiger charge is -2.36. The summed E-state index contributed by atoms with van der Waals surface area (Å²) in [5.41, 5.74) is 5.39. The number of halogens is 1. The summed E-state index contributed by atoms with van der Waals surface area (Å²) in [4.78, 5) is 13.7. The Balaban J connectivity index is 0.00000225. The molecule has 5 heteroatoms. The van der Waals surface area contributed by atoms with E-state index in [0.717, 1.165) is 25.9 Å². The highest BCUT2D eigenvalue weighted by Gasteiger charge is 2.26. The third-order valence-corrected chi connectivity index (χ3v) is 2.73. The summed E-state index contributed by atoms with van der Waals surface area (Å²) in [6.07, 6.45) is 2.67. The molecule has 0 aromatic heterocycles. The Hall–Kier alpha value is -0.320. The van der Waals surface area contributed by atoms with Crippen LogP contribution in [0.25, 0.3) is 0 Å². The van der Waals surface area contributed by atoms with E-state index in [-0.39, 0.29) is 30.5 Å². The molecule has 2 atom stereocenters. The number of hydrogen-bond acceptors (Lipinski definition) is 3. The van der Waals surface area contributed by atoms with Crippen molar-refractivity contribution in [2.75, 3.05) is 19.6 Å². The molecule has 0 radical (unpaired) electrons. The smallest absolute Gasteiger partial charge is 0.222 e. The molecule has 2 N–H and O–H groups in total. The molecule has 1 fully saturated rings. The molecule has 0 spiro atoms. The molecule has 0 bridgehead atoms. The molecule has 4 nitrogen and oxygen atoms in total. The highest BCUT2D eigenvalue weighted by atomic mass is 35.5. The minimum atomic E-state index is 0. The Bertz CT molecular complexity index is 214. The Kier molecular flexibility index (Phi) is 7.72. The van der Waals surface area contributed by atoms with Crippen LogP contribution in [0.3, 0.4) is 0 Å². The van der Waals surface area contributed by atoms with Crippen LogP contribution in [0.5, 0.6) is 0 Å². The van der Waals surface area contributed by atoms with Crippen molar-refractivity contribution >= 4 is 18.3 Å². The van der Waals surface area contributed by atoms with E-state index in [9.17, 15) is 4.79 Å². The zero-order valence-corrected chi connectivity index (χ0v) is 11.0. The monoisotopic (exact) mass is 250 g/mol. The van der Waals surface area contributed by atoms with Crippen LogP contribution in [-0.2, 0) is 9.53 Å². The number of rotatable bonds is 4. The fourth-order valence-electron chi connectivity index (χ4n) is 1.89. The average Bonchev–Trinajstić information content (AvgIpc) is 2.24. The van der Waals surface area contributed by atoms with E-state index in [1.807, 2.05) is 11.8 Å². The number of morpholine rings is 1. The van der Waals surface area contributed by atoms with Gasteiger partial charge in [-0.15, -0.1) is 12.4 Å².